The van der Waals surface area contributed by atoms with Gasteiger partial charge in [-0.25, -0.2) is 19.2 Å². The molecule has 0 aliphatic carbocycles. The molecule has 9 nitrogen and oxygen atoms in total. The Morgan fingerprint density at radius 1 is 0.944 bits per heavy atom. The molecule has 0 aromatic rings. The lowest BCUT2D eigenvalue weighted by molar-refractivity contribution is -0.168. The Bertz CT molecular complexity index is 335. The van der Waals surface area contributed by atoms with E-state index in [1.165, 1.54) is 6.92 Å². The maximum atomic E-state index is 11.1. The summed E-state index contributed by atoms with van der Waals surface area (Å²) >= 11 is 0. The van der Waals surface area contributed by atoms with Crippen LogP contribution in [0.1, 0.15) is 6.92 Å². The molecule has 0 aromatic heterocycles. The van der Waals surface area contributed by atoms with Crippen molar-refractivity contribution in [3.8, 4) is 0 Å². The monoisotopic (exact) mass is 264 g/mol. The van der Waals surface area contributed by atoms with Gasteiger partial charge < -0.3 is 24.4 Å². The van der Waals surface area contributed by atoms with E-state index >= 15 is 0 Å². The first-order valence-electron chi connectivity index (χ1n) is 4.70. The number of carboxylic acids is 2. The van der Waals surface area contributed by atoms with Gasteiger partial charge in [-0.3, -0.25) is 0 Å². The third-order valence-electron chi connectivity index (χ3n) is 1.48. The molecule has 102 valence electrons. The highest BCUT2D eigenvalue weighted by Crippen LogP contribution is 1.95. The number of hydrogen-bond acceptors (Lipinski definition) is 7. The third kappa shape index (κ3) is 8.05. The van der Waals surface area contributed by atoms with Gasteiger partial charge in [-0.15, -0.1) is 0 Å². The van der Waals surface area contributed by atoms with Crippen molar-refractivity contribution in [3.63, 3.8) is 0 Å². The smallest absolute Gasteiger partial charge is 0.341 e. The fraction of sp³-hybridized carbons (Fsp3) is 0.556. The van der Waals surface area contributed by atoms with E-state index < -0.39 is 49.8 Å². The number of hydrogen-bond donors (Lipinski definition) is 2. The summed E-state index contributed by atoms with van der Waals surface area (Å²) < 4.78 is 13.2. The van der Waals surface area contributed by atoms with Crippen molar-refractivity contribution in [1.29, 1.82) is 0 Å². The molecule has 0 spiro atoms. The summed E-state index contributed by atoms with van der Waals surface area (Å²) in [5.41, 5.74) is 0. The van der Waals surface area contributed by atoms with E-state index in [0.29, 0.717) is 0 Å². The fourth-order valence-corrected chi connectivity index (χ4v) is 0.695. The van der Waals surface area contributed by atoms with Gasteiger partial charge in [0.05, 0.1) is 0 Å². The number of carboxylic acid groups (broad SMARTS) is 2. The molecule has 0 heterocycles. The van der Waals surface area contributed by atoms with Crippen LogP contribution < -0.4 is 0 Å². The third-order valence-corrected chi connectivity index (χ3v) is 1.48. The van der Waals surface area contributed by atoms with Gasteiger partial charge >= 0.3 is 23.9 Å². The van der Waals surface area contributed by atoms with Crippen LogP contribution in [0.25, 0.3) is 0 Å². The van der Waals surface area contributed by atoms with Crippen LogP contribution in [0.3, 0.4) is 0 Å². The van der Waals surface area contributed by atoms with E-state index in [-0.39, 0.29) is 0 Å². The second kappa shape index (κ2) is 8.01. The van der Waals surface area contributed by atoms with Crippen LogP contribution >= 0.6 is 0 Å². The predicted molar refractivity (Wildman–Crippen MR) is 52.6 cm³/mol. The van der Waals surface area contributed by atoms with Gasteiger partial charge in [0.2, 0.25) is 0 Å². The van der Waals surface area contributed by atoms with Crippen molar-refractivity contribution in [2.75, 3.05) is 19.8 Å². The van der Waals surface area contributed by atoms with Crippen molar-refractivity contribution < 1.29 is 43.6 Å². The minimum Gasteiger partial charge on any atom is -0.479 e. The molecule has 0 rings (SSSR count). The molecule has 18 heavy (non-hydrogen) atoms. The molecule has 0 saturated carbocycles. The summed E-state index contributed by atoms with van der Waals surface area (Å²) in [6.07, 6.45) is -1.17. The number of aliphatic carboxylic acids is 2. The number of carbonyl (C=O) groups excluding carboxylic acids is 2. The van der Waals surface area contributed by atoms with Crippen LogP contribution in [0.2, 0.25) is 0 Å². The van der Waals surface area contributed by atoms with Crippen molar-refractivity contribution in [2.24, 2.45) is 0 Å². The summed E-state index contributed by atoms with van der Waals surface area (Å²) in [5, 5.41) is 16.4. The van der Waals surface area contributed by atoms with Crippen molar-refractivity contribution in [1.82, 2.24) is 0 Å². The summed E-state index contributed by atoms with van der Waals surface area (Å²) in [6.45, 7) is -1.01. The zero-order valence-corrected chi connectivity index (χ0v) is 9.45. The molecule has 1 atom stereocenters. The first-order valence-corrected chi connectivity index (χ1v) is 4.70. The van der Waals surface area contributed by atoms with E-state index in [0.717, 1.165) is 0 Å². The minimum absolute atomic E-state index is 0.642. The summed E-state index contributed by atoms with van der Waals surface area (Å²) in [6, 6.07) is 0. The molecule has 0 aliphatic rings. The molecular formula is C9H12O9. The normalized spacial score (nSPS) is 11.4. The first-order chi connectivity index (χ1) is 8.32. The van der Waals surface area contributed by atoms with E-state index in [1.807, 2.05) is 0 Å². The second-order valence-electron chi connectivity index (χ2n) is 3.01. The van der Waals surface area contributed by atoms with Crippen LogP contribution in [0.4, 0.5) is 0 Å². The number of carbonyl (C=O) groups is 4. The SMILES string of the molecule is CC(OCC(=O)OCC(=O)O)C(=O)OCC(=O)O. The minimum atomic E-state index is -1.32. The summed E-state index contributed by atoms with van der Waals surface area (Å²) in [4.78, 5) is 42.1. The summed E-state index contributed by atoms with van der Waals surface area (Å²) in [5.74, 6) is -4.56. The van der Waals surface area contributed by atoms with Gasteiger partial charge in [0, 0.05) is 0 Å². The van der Waals surface area contributed by atoms with Crippen LogP contribution in [0.15, 0.2) is 0 Å². The largest absolute Gasteiger partial charge is 0.479 e. The first kappa shape index (κ1) is 15.8. The molecule has 0 fully saturated rings. The average molecular weight is 264 g/mol. The van der Waals surface area contributed by atoms with Gasteiger partial charge in [-0.1, -0.05) is 0 Å². The molecule has 0 bridgehead atoms. The average Bonchev–Trinajstić information content (AvgIpc) is 2.30. The number of rotatable bonds is 8. The highest BCUT2D eigenvalue weighted by Gasteiger charge is 2.18. The molecule has 0 aromatic carbocycles. The molecule has 1 unspecified atom stereocenters. The van der Waals surface area contributed by atoms with Gasteiger partial charge in [0.25, 0.3) is 0 Å². The molecule has 9 heteroatoms. The lowest BCUT2D eigenvalue weighted by Gasteiger charge is -2.10. The molecule has 2 N–H and O–H groups in total. The molecule has 0 aliphatic heterocycles. The Kier molecular flexibility index (Phi) is 7.05. The van der Waals surface area contributed by atoms with E-state index in [4.69, 9.17) is 14.9 Å². The molecular weight excluding hydrogens is 252 g/mol. The highest BCUT2D eigenvalue weighted by atomic mass is 16.6. The quantitative estimate of drug-likeness (QED) is 0.509. The van der Waals surface area contributed by atoms with Crippen molar-refractivity contribution in [2.45, 2.75) is 13.0 Å². The maximum Gasteiger partial charge on any atom is 0.341 e. The number of ether oxygens (including phenoxy) is 3. The zero-order chi connectivity index (χ0) is 14.1. The number of esters is 2. The van der Waals surface area contributed by atoms with Gasteiger partial charge in [0.1, 0.15) is 6.61 Å². The Hall–Kier alpha value is -2.16. The van der Waals surface area contributed by atoms with Crippen molar-refractivity contribution >= 4 is 23.9 Å². The highest BCUT2D eigenvalue weighted by molar-refractivity contribution is 5.79. The van der Waals surface area contributed by atoms with Crippen molar-refractivity contribution in [3.05, 3.63) is 0 Å². The summed E-state index contributed by atoms with van der Waals surface area (Å²) in [7, 11) is 0. The lowest BCUT2D eigenvalue weighted by Crippen LogP contribution is -2.28. The van der Waals surface area contributed by atoms with Crippen LogP contribution in [-0.2, 0) is 33.4 Å². The lowest BCUT2D eigenvalue weighted by atomic mass is 10.4. The Morgan fingerprint density at radius 2 is 1.44 bits per heavy atom. The fourth-order valence-electron chi connectivity index (χ4n) is 0.695. The van der Waals surface area contributed by atoms with Crippen LogP contribution in [-0.4, -0.2) is 60.0 Å². The second-order valence-corrected chi connectivity index (χ2v) is 3.01. The predicted octanol–water partition coefficient (Wildman–Crippen LogP) is -1.35. The Labute approximate surface area is 101 Å². The molecule has 0 saturated heterocycles. The van der Waals surface area contributed by atoms with Gasteiger partial charge in [-0.05, 0) is 6.92 Å². The standard InChI is InChI=1S/C9H12O9/c1-5(9(15)18-3-7(12)13)16-4-8(14)17-2-6(10)11/h5H,2-4H2,1H3,(H,10,11)(H,12,13). The maximum absolute atomic E-state index is 11.1. The van der Waals surface area contributed by atoms with Gasteiger partial charge in [0.15, 0.2) is 19.3 Å². The van der Waals surface area contributed by atoms with E-state index in [2.05, 4.69) is 9.47 Å². The topological polar surface area (TPSA) is 136 Å². The zero-order valence-electron chi connectivity index (χ0n) is 9.45. The van der Waals surface area contributed by atoms with Crippen LogP contribution in [0, 0.1) is 0 Å². The van der Waals surface area contributed by atoms with Crippen LogP contribution in [0.5, 0.6) is 0 Å². The van der Waals surface area contributed by atoms with E-state index in [9.17, 15) is 19.2 Å². The van der Waals surface area contributed by atoms with Gasteiger partial charge in [-0.2, -0.15) is 0 Å². The Morgan fingerprint density at radius 3 is 1.94 bits per heavy atom. The molecule has 0 amide bonds. The Balaban J connectivity index is 3.84. The molecule has 0 radical (unpaired) electrons. The van der Waals surface area contributed by atoms with E-state index in [1.54, 1.807) is 0 Å².